The van der Waals surface area contributed by atoms with Crippen molar-refractivity contribution in [3.63, 3.8) is 0 Å². The molecule has 1 atom stereocenters. The topological polar surface area (TPSA) is 148 Å². The van der Waals surface area contributed by atoms with Gasteiger partial charge >= 0.3 is 6.03 Å². The van der Waals surface area contributed by atoms with Crippen LogP contribution in [0, 0.1) is 11.3 Å². The quantitative estimate of drug-likeness (QED) is 0.155. The number of imide groups is 1. The van der Waals surface area contributed by atoms with Gasteiger partial charge in [0.15, 0.2) is 0 Å². The van der Waals surface area contributed by atoms with E-state index in [4.69, 9.17) is 5.26 Å². The molecule has 1 aliphatic heterocycles. The first-order chi connectivity index (χ1) is 15.6. The van der Waals surface area contributed by atoms with Gasteiger partial charge in [0.1, 0.15) is 16.4 Å². The lowest BCUT2D eigenvalue weighted by Gasteiger charge is -2.26. The van der Waals surface area contributed by atoms with Crippen LogP contribution in [0.25, 0.3) is 11.1 Å². The first-order valence-electron chi connectivity index (χ1n) is 9.72. The third kappa shape index (κ3) is 4.77. The number of nitrogens with one attached hydrogen (secondary N) is 1. The molecule has 2 aromatic carbocycles. The lowest BCUT2D eigenvalue weighted by molar-refractivity contribution is -0.156. The summed E-state index contributed by atoms with van der Waals surface area (Å²) in [5, 5.41) is 21.6. The lowest BCUT2D eigenvalue weighted by atomic mass is 9.99. The summed E-state index contributed by atoms with van der Waals surface area (Å²) < 4.78 is 24.3. The summed E-state index contributed by atoms with van der Waals surface area (Å²) in [5.74, 6) is -0.621. The SMILES string of the molecule is CC1(C)NC(=O)N(CC(C(c2ccc(-c3ccc(C#N)cc3)cc2)=S(=O)=O)N(O)C=O)C1=O. The minimum absolute atomic E-state index is 0.00619. The van der Waals surface area contributed by atoms with Crippen LogP contribution in [0.1, 0.15) is 25.0 Å². The fraction of sp³-hybridized carbons (Fsp3) is 0.227. The van der Waals surface area contributed by atoms with Gasteiger partial charge in [-0.25, -0.2) is 9.86 Å². The molecule has 1 heterocycles. The van der Waals surface area contributed by atoms with E-state index in [1.807, 2.05) is 6.07 Å². The number of amides is 4. The summed E-state index contributed by atoms with van der Waals surface area (Å²) in [6.07, 6.45) is 0.00619. The van der Waals surface area contributed by atoms with Crippen LogP contribution in [0.3, 0.4) is 0 Å². The van der Waals surface area contributed by atoms with Crippen molar-refractivity contribution in [2.45, 2.75) is 25.4 Å². The zero-order valence-electron chi connectivity index (χ0n) is 17.7. The van der Waals surface area contributed by atoms with Gasteiger partial charge in [-0.05, 0) is 42.7 Å². The van der Waals surface area contributed by atoms with Crippen LogP contribution in [-0.4, -0.2) is 64.9 Å². The maximum absolute atomic E-state index is 12.5. The molecule has 0 aliphatic carbocycles. The predicted octanol–water partition coefficient (Wildman–Crippen LogP) is 1.17. The number of urea groups is 1. The highest BCUT2D eigenvalue weighted by Crippen LogP contribution is 2.23. The Kier molecular flexibility index (Phi) is 6.62. The molecule has 33 heavy (non-hydrogen) atoms. The molecule has 2 aromatic rings. The second-order valence-electron chi connectivity index (χ2n) is 7.84. The van der Waals surface area contributed by atoms with E-state index in [1.165, 1.54) is 26.0 Å². The Morgan fingerprint density at radius 1 is 1.15 bits per heavy atom. The first kappa shape index (κ1) is 23.6. The number of benzene rings is 2. The minimum Gasteiger partial charge on any atom is -0.324 e. The number of hydroxylamine groups is 2. The molecule has 11 heteroatoms. The Hall–Kier alpha value is -4.01. The van der Waals surface area contributed by atoms with Crippen molar-refractivity contribution in [3.8, 4) is 17.2 Å². The van der Waals surface area contributed by atoms with Crippen LogP contribution in [0.5, 0.6) is 0 Å². The van der Waals surface area contributed by atoms with Gasteiger partial charge in [-0.1, -0.05) is 36.4 Å². The molecule has 0 aromatic heterocycles. The molecule has 3 rings (SSSR count). The third-order valence-electron chi connectivity index (χ3n) is 5.23. The number of nitrogens with zero attached hydrogens (tertiary/aromatic N) is 3. The van der Waals surface area contributed by atoms with Crippen LogP contribution in [0.15, 0.2) is 48.5 Å². The van der Waals surface area contributed by atoms with E-state index in [-0.39, 0.29) is 21.9 Å². The lowest BCUT2D eigenvalue weighted by Crippen LogP contribution is -2.50. The molecule has 1 aliphatic rings. The Balaban J connectivity index is 1.97. The maximum Gasteiger partial charge on any atom is 0.325 e. The monoisotopic (exact) mass is 468 g/mol. The van der Waals surface area contributed by atoms with Crippen molar-refractivity contribution in [1.29, 1.82) is 5.26 Å². The molecule has 2 N–H and O–H groups in total. The Labute approximate surface area is 191 Å². The maximum atomic E-state index is 12.5. The van der Waals surface area contributed by atoms with Gasteiger partial charge in [0.05, 0.1) is 18.2 Å². The fourth-order valence-electron chi connectivity index (χ4n) is 3.48. The smallest absolute Gasteiger partial charge is 0.324 e. The van der Waals surface area contributed by atoms with Crippen LogP contribution in [0.2, 0.25) is 0 Å². The van der Waals surface area contributed by atoms with E-state index in [2.05, 4.69) is 5.32 Å². The second-order valence-corrected chi connectivity index (χ2v) is 8.75. The molecule has 0 saturated carbocycles. The van der Waals surface area contributed by atoms with Gasteiger partial charge in [0.25, 0.3) is 5.91 Å². The van der Waals surface area contributed by atoms with Crippen LogP contribution in [0.4, 0.5) is 4.79 Å². The molecule has 0 bridgehead atoms. The largest absolute Gasteiger partial charge is 0.325 e. The van der Waals surface area contributed by atoms with Gasteiger partial charge in [0.2, 0.25) is 16.7 Å². The number of carbonyl (C=O) groups excluding carboxylic acids is 3. The number of hydrogen-bond acceptors (Lipinski definition) is 7. The van der Waals surface area contributed by atoms with Crippen LogP contribution >= 0.6 is 0 Å². The van der Waals surface area contributed by atoms with E-state index in [0.717, 1.165) is 16.0 Å². The summed E-state index contributed by atoms with van der Waals surface area (Å²) in [4.78, 5) is 36.5. The Morgan fingerprint density at radius 3 is 2.12 bits per heavy atom. The third-order valence-corrected chi connectivity index (χ3v) is 6.09. The highest BCUT2D eigenvalue weighted by atomic mass is 32.2. The predicted molar refractivity (Wildman–Crippen MR) is 117 cm³/mol. The number of hydrogen-bond donors (Lipinski definition) is 2. The van der Waals surface area contributed by atoms with Gasteiger partial charge in [-0.3, -0.25) is 19.7 Å². The summed E-state index contributed by atoms with van der Waals surface area (Å²) in [7, 11) is -2.90. The van der Waals surface area contributed by atoms with Crippen molar-refractivity contribution < 1.29 is 28.0 Å². The normalized spacial score (nSPS) is 15.4. The number of carbonyl (C=O) groups is 3. The summed E-state index contributed by atoms with van der Waals surface area (Å²) in [6.45, 7) is 2.40. The second kappa shape index (κ2) is 9.23. The van der Waals surface area contributed by atoms with E-state index in [0.29, 0.717) is 5.56 Å². The summed E-state index contributed by atoms with van der Waals surface area (Å²) in [6, 6.07) is 12.8. The van der Waals surface area contributed by atoms with Gasteiger partial charge < -0.3 is 5.32 Å². The fourth-order valence-corrected chi connectivity index (χ4v) is 4.21. The zero-order chi connectivity index (χ0) is 24.3. The van der Waals surface area contributed by atoms with Crippen molar-refractivity contribution in [2.75, 3.05) is 6.54 Å². The molecule has 1 saturated heterocycles. The van der Waals surface area contributed by atoms with E-state index in [1.54, 1.807) is 36.4 Å². The Morgan fingerprint density at radius 2 is 1.70 bits per heavy atom. The average Bonchev–Trinajstić information content (AvgIpc) is 2.99. The van der Waals surface area contributed by atoms with Crippen LogP contribution < -0.4 is 5.32 Å². The molecule has 0 spiro atoms. The average molecular weight is 468 g/mol. The highest BCUT2D eigenvalue weighted by molar-refractivity contribution is 7.73. The number of rotatable bonds is 7. The summed E-state index contributed by atoms with van der Waals surface area (Å²) >= 11 is 0. The highest BCUT2D eigenvalue weighted by Gasteiger charge is 2.46. The van der Waals surface area contributed by atoms with Crippen molar-refractivity contribution in [2.24, 2.45) is 0 Å². The molecule has 1 fully saturated rings. The molecular weight excluding hydrogens is 448 g/mol. The van der Waals surface area contributed by atoms with E-state index < -0.39 is 40.4 Å². The van der Waals surface area contributed by atoms with Crippen LogP contribution in [-0.2, 0) is 19.9 Å². The molecule has 4 amide bonds. The van der Waals surface area contributed by atoms with Gasteiger partial charge in [-0.2, -0.15) is 13.7 Å². The standard InChI is InChI=1S/C22H20N4O6S/c1-22(2)20(28)25(21(29)24-22)12-18(26(30)13-27)19(33(31)32)17-9-7-16(8-10-17)15-5-3-14(11-23)4-6-15/h3-10,13,18,30H,12H2,1-2H3,(H,24,29). The van der Waals surface area contributed by atoms with E-state index >= 15 is 0 Å². The molecule has 170 valence electrons. The first-order valence-corrected chi connectivity index (χ1v) is 10.8. The Bertz CT molecular complexity index is 1270. The van der Waals surface area contributed by atoms with E-state index in [9.17, 15) is 28.0 Å². The van der Waals surface area contributed by atoms with Crippen molar-refractivity contribution >= 4 is 33.5 Å². The van der Waals surface area contributed by atoms with Crippen molar-refractivity contribution in [3.05, 3.63) is 59.7 Å². The van der Waals surface area contributed by atoms with Crippen molar-refractivity contribution in [1.82, 2.24) is 15.3 Å². The van der Waals surface area contributed by atoms with Gasteiger partial charge in [0, 0.05) is 0 Å². The molecular formula is C22H20N4O6S. The molecule has 10 nitrogen and oxygen atoms in total. The number of nitriles is 1. The molecule has 0 radical (unpaired) electrons. The minimum atomic E-state index is -2.90. The van der Waals surface area contributed by atoms with Gasteiger partial charge in [-0.15, -0.1) is 0 Å². The molecule has 1 unspecified atom stereocenters. The summed E-state index contributed by atoms with van der Waals surface area (Å²) in [5.41, 5.74) is 0.986. The zero-order valence-corrected chi connectivity index (χ0v) is 18.5.